The maximum Gasteiger partial charge on any atom is 0.234 e. The summed E-state index contributed by atoms with van der Waals surface area (Å²) in [6, 6.07) is 18.1. The number of carbonyl (C=O) groups is 1. The van der Waals surface area contributed by atoms with E-state index < -0.39 is 0 Å². The molecule has 26 heavy (non-hydrogen) atoms. The monoisotopic (exact) mass is 375 g/mol. The Kier molecular flexibility index (Phi) is 7.45. The van der Waals surface area contributed by atoms with Crippen molar-refractivity contribution < 1.29 is 9.53 Å². The minimum Gasteiger partial charge on any atom is -0.497 e. The van der Waals surface area contributed by atoms with E-state index in [0.717, 1.165) is 24.4 Å². The third-order valence-corrected chi connectivity index (χ3v) is 4.68. The predicted octanol–water partition coefficient (Wildman–Crippen LogP) is 2.16. The fraction of sp³-hybridized carbons (Fsp3) is 0.350. The number of methoxy groups -OCH3 is 1. The first-order valence-corrected chi connectivity index (χ1v) is 8.58. The van der Waals surface area contributed by atoms with Gasteiger partial charge in [-0.1, -0.05) is 42.5 Å². The topological polar surface area (TPSA) is 67.6 Å². The lowest BCUT2D eigenvalue weighted by Crippen LogP contribution is -2.37. The molecule has 1 aliphatic heterocycles. The number of amides is 1. The van der Waals surface area contributed by atoms with Crippen LogP contribution in [0.3, 0.4) is 0 Å². The summed E-state index contributed by atoms with van der Waals surface area (Å²) in [5.41, 5.74) is 8.58. The normalized spacial score (nSPS) is 19.6. The Morgan fingerprint density at radius 2 is 1.85 bits per heavy atom. The second-order valence-corrected chi connectivity index (χ2v) is 6.50. The van der Waals surface area contributed by atoms with E-state index in [2.05, 4.69) is 22.3 Å². The summed E-state index contributed by atoms with van der Waals surface area (Å²) >= 11 is 0. The highest BCUT2D eigenvalue weighted by atomic mass is 35.5. The molecule has 0 aliphatic carbocycles. The van der Waals surface area contributed by atoms with Crippen molar-refractivity contribution in [1.29, 1.82) is 0 Å². The van der Waals surface area contributed by atoms with Gasteiger partial charge >= 0.3 is 0 Å². The lowest BCUT2D eigenvalue weighted by atomic mass is 9.95. The van der Waals surface area contributed by atoms with Crippen molar-refractivity contribution in [3.8, 4) is 5.75 Å². The summed E-state index contributed by atoms with van der Waals surface area (Å²) in [6.45, 7) is 2.47. The third kappa shape index (κ3) is 5.21. The molecule has 1 heterocycles. The highest BCUT2D eigenvalue weighted by molar-refractivity contribution is 5.85. The molecule has 0 saturated carbocycles. The van der Waals surface area contributed by atoms with Gasteiger partial charge in [-0.15, -0.1) is 12.4 Å². The van der Waals surface area contributed by atoms with Crippen molar-refractivity contribution in [2.75, 3.05) is 26.7 Å². The molecule has 0 spiro atoms. The minimum atomic E-state index is 0. The summed E-state index contributed by atoms with van der Waals surface area (Å²) in [5.74, 6) is 1.13. The van der Waals surface area contributed by atoms with Gasteiger partial charge in [-0.3, -0.25) is 9.69 Å². The zero-order valence-corrected chi connectivity index (χ0v) is 15.7. The van der Waals surface area contributed by atoms with Crippen molar-refractivity contribution in [3.63, 3.8) is 0 Å². The quantitative estimate of drug-likeness (QED) is 0.811. The maximum atomic E-state index is 12.2. The first kappa shape index (κ1) is 20.2. The van der Waals surface area contributed by atoms with E-state index in [-0.39, 0.29) is 30.3 Å². The Hall–Kier alpha value is -2.08. The molecule has 6 heteroatoms. The summed E-state index contributed by atoms with van der Waals surface area (Å²) in [7, 11) is 1.64. The van der Waals surface area contributed by atoms with E-state index in [1.807, 2.05) is 42.5 Å². The molecule has 2 aromatic rings. The van der Waals surface area contributed by atoms with Crippen molar-refractivity contribution in [3.05, 3.63) is 65.7 Å². The van der Waals surface area contributed by atoms with Gasteiger partial charge in [0.1, 0.15) is 5.75 Å². The molecule has 1 saturated heterocycles. The van der Waals surface area contributed by atoms with Crippen LogP contribution in [0, 0.1) is 0 Å². The number of nitrogens with one attached hydrogen (secondary N) is 1. The number of nitrogens with zero attached hydrogens (tertiary/aromatic N) is 1. The van der Waals surface area contributed by atoms with Crippen molar-refractivity contribution in [1.82, 2.24) is 10.2 Å². The lowest BCUT2D eigenvalue weighted by Gasteiger charge is -2.16. The first-order chi connectivity index (χ1) is 12.2. The molecule has 3 N–H and O–H groups in total. The predicted molar refractivity (Wildman–Crippen MR) is 106 cm³/mol. The molecule has 0 aromatic heterocycles. The van der Waals surface area contributed by atoms with Crippen molar-refractivity contribution in [2.45, 2.75) is 18.5 Å². The standard InChI is InChI=1S/C20H25N3O2.ClH/c1-25-17-9-7-15(8-10-17)11-22-20(24)14-23-12-18(19(21)13-23)16-5-3-2-4-6-16;/h2-10,18-19H,11-14,21H2,1H3,(H,22,24);1H/t18-,19+;/m0./s1. The second kappa shape index (κ2) is 9.57. The van der Waals surface area contributed by atoms with Crippen molar-refractivity contribution >= 4 is 18.3 Å². The van der Waals surface area contributed by atoms with Crippen LogP contribution in [-0.4, -0.2) is 43.6 Å². The van der Waals surface area contributed by atoms with E-state index in [4.69, 9.17) is 10.5 Å². The molecular formula is C20H26ClN3O2. The van der Waals surface area contributed by atoms with Gasteiger partial charge in [-0.05, 0) is 23.3 Å². The van der Waals surface area contributed by atoms with Crippen LogP contribution in [-0.2, 0) is 11.3 Å². The SMILES string of the molecule is COc1ccc(CNC(=O)CN2C[C@@H](N)[C@H](c3ccccc3)C2)cc1.Cl. The number of nitrogens with two attached hydrogens (primary N) is 1. The molecule has 0 bridgehead atoms. The lowest BCUT2D eigenvalue weighted by molar-refractivity contribution is -0.122. The maximum absolute atomic E-state index is 12.2. The summed E-state index contributed by atoms with van der Waals surface area (Å²) < 4.78 is 5.13. The molecule has 5 nitrogen and oxygen atoms in total. The smallest absolute Gasteiger partial charge is 0.234 e. The molecule has 2 aromatic carbocycles. The largest absolute Gasteiger partial charge is 0.497 e. The average Bonchev–Trinajstić information content (AvgIpc) is 3.01. The molecule has 3 rings (SSSR count). The molecule has 140 valence electrons. The zero-order valence-electron chi connectivity index (χ0n) is 14.9. The average molecular weight is 376 g/mol. The van der Waals surface area contributed by atoms with Crippen molar-refractivity contribution in [2.24, 2.45) is 5.73 Å². The Morgan fingerprint density at radius 1 is 1.15 bits per heavy atom. The van der Waals surface area contributed by atoms with Gasteiger partial charge in [0.2, 0.25) is 5.91 Å². The minimum absolute atomic E-state index is 0. The second-order valence-electron chi connectivity index (χ2n) is 6.50. The van der Waals surface area contributed by atoms with Crippen LogP contribution < -0.4 is 15.8 Å². The van der Waals surface area contributed by atoms with E-state index in [1.165, 1.54) is 5.56 Å². The van der Waals surface area contributed by atoms with Gasteiger partial charge in [0.25, 0.3) is 0 Å². The van der Waals surface area contributed by atoms with Gasteiger partial charge in [-0.25, -0.2) is 0 Å². The summed E-state index contributed by atoms with van der Waals surface area (Å²) in [4.78, 5) is 14.4. The molecule has 0 unspecified atom stereocenters. The molecule has 1 aliphatic rings. The number of ether oxygens (including phenoxy) is 1. The van der Waals surface area contributed by atoms with Crippen LogP contribution in [0.1, 0.15) is 17.0 Å². The van der Waals surface area contributed by atoms with Crippen LogP contribution in [0.2, 0.25) is 0 Å². The number of halogens is 1. The number of likely N-dealkylation sites (tertiary alicyclic amines) is 1. The number of hydrogen-bond donors (Lipinski definition) is 2. The van der Waals surface area contributed by atoms with Gasteiger partial charge in [-0.2, -0.15) is 0 Å². The molecule has 2 atom stereocenters. The molecular weight excluding hydrogens is 350 g/mol. The summed E-state index contributed by atoms with van der Waals surface area (Å²) in [6.07, 6.45) is 0. The van der Waals surface area contributed by atoms with Crippen LogP contribution in [0.15, 0.2) is 54.6 Å². The molecule has 0 radical (unpaired) electrons. The third-order valence-electron chi connectivity index (χ3n) is 4.68. The molecule has 1 amide bonds. The fourth-order valence-electron chi connectivity index (χ4n) is 3.30. The zero-order chi connectivity index (χ0) is 17.6. The number of hydrogen-bond acceptors (Lipinski definition) is 4. The Morgan fingerprint density at radius 3 is 2.50 bits per heavy atom. The Labute approximate surface area is 160 Å². The summed E-state index contributed by atoms with van der Waals surface area (Å²) in [5, 5.41) is 2.97. The highest BCUT2D eigenvalue weighted by Crippen LogP contribution is 2.25. The van der Waals surface area contributed by atoms with E-state index in [9.17, 15) is 4.79 Å². The van der Waals surface area contributed by atoms with Crippen LogP contribution in [0.4, 0.5) is 0 Å². The van der Waals surface area contributed by atoms with Gasteiger partial charge in [0, 0.05) is 31.6 Å². The Bertz CT molecular complexity index is 694. The van der Waals surface area contributed by atoms with Crippen LogP contribution in [0.5, 0.6) is 5.75 Å². The number of carbonyl (C=O) groups excluding carboxylic acids is 1. The van der Waals surface area contributed by atoms with E-state index in [0.29, 0.717) is 13.1 Å². The first-order valence-electron chi connectivity index (χ1n) is 8.58. The Balaban J connectivity index is 0.00000243. The highest BCUT2D eigenvalue weighted by Gasteiger charge is 2.31. The van der Waals surface area contributed by atoms with Gasteiger partial charge < -0.3 is 15.8 Å². The van der Waals surface area contributed by atoms with Gasteiger partial charge in [0.15, 0.2) is 0 Å². The fourth-order valence-corrected chi connectivity index (χ4v) is 3.30. The molecule has 1 fully saturated rings. The van der Waals surface area contributed by atoms with E-state index >= 15 is 0 Å². The van der Waals surface area contributed by atoms with E-state index in [1.54, 1.807) is 7.11 Å². The van der Waals surface area contributed by atoms with Gasteiger partial charge in [0.05, 0.1) is 13.7 Å². The number of benzene rings is 2. The van der Waals surface area contributed by atoms with Crippen LogP contribution >= 0.6 is 12.4 Å². The van der Waals surface area contributed by atoms with Crippen LogP contribution in [0.25, 0.3) is 0 Å². The number of rotatable bonds is 6.